The number of piperidine rings is 1. The van der Waals surface area contributed by atoms with Gasteiger partial charge in [0, 0.05) is 12.2 Å². The minimum atomic E-state index is -0.160. The monoisotopic (exact) mass is 395 g/mol. The molecule has 2 heterocycles. The van der Waals surface area contributed by atoms with Gasteiger partial charge in [-0.1, -0.05) is 24.8 Å². The van der Waals surface area contributed by atoms with Gasteiger partial charge in [0.2, 0.25) is 0 Å². The number of nitrogens with two attached hydrogens (primary N) is 1. The second-order valence-corrected chi connectivity index (χ2v) is 8.14. The molecule has 0 aromatic heterocycles. The fraction of sp³-hybridized carbons (Fsp3) is 0.417. The molecule has 0 atom stereocenters. The van der Waals surface area contributed by atoms with Crippen molar-refractivity contribution in [2.24, 2.45) is 5.92 Å². The minimum absolute atomic E-state index is 0.160. The summed E-state index contributed by atoms with van der Waals surface area (Å²) in [6.07, 6.45) is 4.61. The Bertz CT molecular complexity index is 844. The first-order valence-electron chi connectivity index (χ1n) is 10.5. The Labute approximate surface area is 172 Å². The number of anilines is 2. The largest absolute Gasteiger partial charge is 0.489 e. The van der Waals surface area contributed by atoms with E-state index in [4.69, 9.17) is 10.5 Å². The van der Waals surface area contributed by atoms with Gasteiger partial charge in [0.25, 0.3) is 0 Å². The van der Waals surface area contributed by atoms with Crippen LogP contribution in [0, 0.1) is 11.7 Å². The molecular formula is C24H30FN3O. The molecule has 2 aromatic carbocycles. The van der Waals surface area contributed by atoms with E-state index in [9.17, 15) is 4.39 Å². The van der Waals surface area contributed by atoms with Crippen LogP contribution in [0.2, 0.25) is 0 Å². The average molecular weight is 396 g/mol. The molecule has 2 aromatic rings. The number of hydrogen-bond acceptors (Lipinski definition) is 4. The third-order valence-corrected chi connectivity index (χ3v) is 6.12. The molecule has 0 unspecified atom stereocenters. The van der Waals surface area contributed by atoms with E-state index in [-0.39, 0.29) is 5.82 Å². The first-order chi connectivity index (χ1) is 14.1. The van der Waals surface area contributed by atoms with Crippen molar-refractivity contribution in [1.29, 1.82) is 0 Å². The summed E-state index contributed by atoms with van der Waals surface area (Å²) < 4.78 is 18.8. The Morgan fingerprint density at radius 1 is 1.10 bits per heavy atom. The highest BCUT2D eigenvalue weighted by Gasteiger charge is 2.25. The van der Waals surface area contributed by atoms with E-state index in [1.54, 1.807) is 12.1 Å². The highest BCUT2D eigenvalue weighted by Crippen LogP contribution is 2.38. The van der Waals surface area contributed by atoms with Crippen LogP contribution in [0.25, 0.3) is 0 Å². The summed E-state index contributed by atoms with van der Waals surface area (Å²) in [7, 11) is 0. The quantitative estimate of drug-likeness (QED) is 0.733. The van der Waals surface area contributed by atoms with E-state index in [1.165, 1.54) is 24.8 Å². The first-order valence-corrected chi connectivity index (χ1v) is 10.5. The summed E-state index contributed by atoms with van der Waals surface area (Å²) in [4.78, 5) is 4.71. The number of rotatable bonds is 6. The molecule has 1 saturated heterocycles. The van der Waals surface area contributed by atoms with Crippen LogP contribution in [0.4, 0.5) is 15.8 Å². The van der Waals surface area contributed by atoms with Crippen molar-refractivity contribution in [2.75, 3.05) is 43.4 Å². The molecule has 2 aliphatic heterocycles. The van der Waals surface area contributed by atoms with Crippen LogP contribution in [0.1, 0.15) is 24.8 Å². The molecule has 5 heteroatoms. The SMILES string of the molecule is C=C(CN1CCC(CCc2ccc(F)cc2)CC1)N1CCOc2cccc(N)c21. The van der Waals surface area contributed by atoms with Crippen molar-refractivity contribution >= 4 is 11.4 Å². The summed E-state index contributed by atoms with van der Waals surface area (Å²) in [5.41, 5.74) is 10.2. The normalized spacial score (nSPS) is 17.6. The third kappa shape index (κ3) is 4.73. The number of fused-ring (bicyclic) bond motifs is 1. The van der Waals surface area contributed by atoms with E-state index in [1.807, 2.05) is 30.3 Å². The van der Waals surface area contributed by atoms with E-state index in [2.05, 4.69) is 16.4 Å². The molecule has 0 amide bonds. The Morgan fingerprint density at radius 2 is 1.86 bits per heavy atom. The van der Waals surface area contributed by atoms with Gasteiger partial charge in [-0.15, -0.1) is 0 Å². The van der Waals surface area contributed by atoms with Gasteiger partial charge in [-0.05, 0) is 74.5 Å². The predicted molar refractivity (Wildman–Crippen MR) is 117 cm³/mol. The number of benzene rings is 2. The lowest BCUT2D eigenvalue weighted by atomic mass is 9.90. The van der Waals surface area contributed by atoms with Crippen molar-refractivity contribution in [3.8, 4) is 5.75 Å². The number of nitrogens with zero attached hydrogens (tertiary/aromatic N) is 2. The molecule has 2 N–H and O–H groups in total. The highest BCUT2D eigenvalue weighted by molar-refractivity contribution is 5.77. The second kappa shape index (κ2) is 8.87. The van der Waals surface area contributed by atoms with Gasteiger partial charge in [0.05, 0.1) is 12.2 Å². The molecule has 0 aliphatic carbocycles. The number of hydrogen-bond donors (Lipinski definition) is 1. The zero-order valence-electron chi connectivity index (χ0n) is 16.9. The van der Waals surface area contributed by atoms with Crippen molar-refractivity contribution in [1.82, 2.24) is 4.90 Å². The maximum absolute atomic E-state index is 13.0. The van der Waals surface area contributed by atoms with Crippen LogP contribution in [-0.4, -0.2) is 37.7 Å². The van der Waals surface area contributed by atoms with Crippen LogP contribution in [0.5, 0.6) is 5.75 Å². The lowest BCUT2D eigenvalue weighted by Crippen LogP contribution is -2.40. The van der Waals surface area contributed by atoms with Gasteiger partial charge in [-0.2, -0.15) is 0 Å². The Kier molecular flexibility index (Phi) is 6.05. The molecule has 29 heavy (non-hydrogen) atoms. The number of para-hydroxylation sites is 1. The van der Waals surface area contributed by atoms with Crippen LogP contribution >= 0.6 is 0 Å². The number of aryl methyl sites for hydroxylation is 1. The molecule has 0 spiro atoms. The van der Waals surface area contributed by atoms with Crippen LogP contribution < -0.4 is 15.4 Å². The van der Waals surface area contributed by atoms with E-state index < -0.39 is 0 Å². The van der Waals surface area contributed by atoms with E-state index >= 15 is 0 Å². The Hall–Kier alpha value is -2.53. The number of halogens is 1. The van der Waals surface area contributed by atoms with Gasteiger partial charge in [0.15, 0.2) is 0 Å². The van der Waals surface area contributed by atoms with E-state index in [0.717, 1.165) is 61.3 Å². The van der Waals surface area contributed by atoms with Gasteiger partial charge < -0.3 is 15.4 Å². The van der Waals surface area contributed by atoms with Crippen molar-refractivity contribution in [3.63, 3.8) is 0 Å². The molecule has 154 valence electrons. The highest BCUT2D eigenvalue weighted by atomic mass is 19.1. The Morgan fingerprint density at radius 3 is 2.62 bits per heavy atom. The number of likely N-dealkylation sites (tertiary alicyclic amines) is 1. The van der Waals surface area contributed by atoms with Crippen molar-refractivity contribution < 1.29 is 9.13 Å². The second-order valence-electron chi connectivity index (χ2n) is 8.14. The number of ether oxygens (including phenoxy) is 1. The summed E-state index contributed by atoms with van der Waals surface area (Å²) in [5, 5.41) is 0. The standard InChI is InChI=1S/C24H30FN3O/c1-18(28-15-16-29-23-4-2-3-22(26)24(23)28)17-27-13-11-20(12-14-27)6-5-19-7-9-21(25)10-8-19/h2-4,7-10,20H,1,5-6,11-17,26H2. The molecule has 4 nitrogen and oxygen atoms in total. The van der Waals surface area contributed by atoms with Crippen LogP contribution in [-0.2, 0) is 6.42 Å². The molecule has 1 fully saturated rings. The maximum Gasteiger partial charge on any atom is 0.145 e. The van der Waals surface area contributed by atoms with Crippen LogP contribution in [0.15, 0.2) is 54.7 Å². The zero-order chi connectivity index (χ0) is 20.2. The molecule has 4 rings (SSSR count). The fourth-order valence-corrected chi connectivity index (χ4v) is 4.42. The lowest BCUT2D eigenvalue weighted by Gasteiger charge is -2.37. The van der Waals surface area contributed by atoms with Gasteiger partial charge in [0.1, 0.15) is 23.9 Å². The van der Waals surface area contributed by atoms with Gasteiger partial charge in [-0.25, -0.2) is 4.39 Å². The first kappa shape index (κ1) is 19.8. The maximum atomic E-state index is 13.0. The summed E-state index contributed by atoms with van der Waals surface area (Å²) >= 11 is 0. The van der Waals surface area contributed by atoms with Crippen molar-refractivity contribution in [3.05, 3.63) is 66.1 Å². The smallest absolute Gasteiger partial charge is 0.145 e. The summed E-state index contributed by atoms with van der Waals surface area (Å²) in [6, 6.07) is 12.7. The summed E-state index contributed by atoms with van der Waals surface area (Å²) in [6.45, 7) is 8.84. The topological polar surface area (TPSA) is 41.7 Å². The average Bonchev–Trinajstić information content (AvgIpc) is 2.74. The molecule has 2 aliphatic rings. The molecule has 0 radical (unpaired) electrons. The van der Waals surface area contributed by atoms with Crippen molar-refractivity contribution in [2.45, 2.75) is 25.7 Å². The van der Waals surface area contributed by atoms with Gasteiger partial charge >= 0.3 is 0 Å². The lowest BCUT2D eigenvalue weighted by molar-refractivity contribution is 0.190. The zero-order valence-corrected chi connectivity index (χ0v) is 16.9. The molecule has 0 bridgehead atoms. The van der Waals surface area contributed by atoms with Crippen LogP contribution in [0.3, 0.4) is 0 Å². The molecule has 0 saturated carbocycles. The minimum Gasteiger partial charge on any atom is -0.489 e. The Balaban J connectivity index is 1.27. The van der Waals surface area contributed by atoms with E-state index in [0.29, 0.717) is 6.61 Å². The predicted octanol–water partition coefficient (Wildman–Crippen LogP) is 4.47. The number of nitrogen functional groups attached to an aromatic ring is 1. The third-order valence-electron chi connectivity index (χ3n) is 6.12. The van der Waals surface area contributed by atoms with Gasteiger partial charge in [-0.3, -0.25) is 4.90 Å². The fourth-order valence-electron chi connectivity index (χ4n) is 4.42. The molecular weight excluding hydrogens is 365 g/mol. The summed E-state index contributed by atoms with van der Waals surface area (Å²) in [5.74, 6) is 1.42.